The van der Waals surface area contributed by atoms with Crippen LogP contribution in [0.15, 0.2) is 29.8 Å². The molecule has 0 aliphatic carbocycles. The Kier molecular flexibility index (Phi) is 4.23. The molecule has 110 valence electrons. The van der Waals surface area contributed by atoms with Crippen LogP contribution in [0, 0.1) is 0 Å². The SMILES string of the molecule is C[C@H]1OCCN[C@@H]1C(=O)Nc1nc(-c2ccccn2)cs1. The molecule has 1 saturated heterocycles. The van der Waals surface area contributed by atoms with E-state index in [-0.39, 0.29) is 18.1 Å². The summed E-state index contributed by atoms with van der Waals surface area (Å²) in [5, 5.41) is 8.44. The second-order valence-corrected chi connectivity index (χ2v) is 5.61. The van der Waals surface area contributed by atoms with Gasteiger partial charge in [-0.2, -0.15) is 0 Å². The van der Waals surface area contributed by atoms with Gasteiger partial charge in [-0.1, -0.05) is 6.07 Å². The molecule has 0 radical (unpaired) electrons. The number of morpholine rings is 1. The second-order valence-electron chi connectivity index (χ2n) is 4.75. The van der Waals surface area contributed by atoms with Crippen molar-refractivity contribution in [3.63, 3.8) is 0 Å². The van der Waals surface area contributed by atoms with Crippen molar-refractivity contribution in [1.29, 1.82) is 0 Å². The van der Waals surface area contributed by atoms with Crippen LogP contribution in [0.25, 0.3) is 11.4 Å². The summed E-state index contributed by atoms with van der Waals surface area (Å²) >= 11 is 1.39. The maximum Gasteiger partial charge on any atom is 0.245 e. The van der Waals surface area contributed by atoms with Gasteiger partial charge in [-0.3, -0.25) is 9.78 Å². The Hall–Kier alpha value is -1.83. The summed E-state index contributed by atoms with van der Waals surface area (Å²) in [6, 6.07) is 5.31. The first-order valence-electron chi connectivity index (χ1n) is 6.77. The van der Waals surface area contributed by atoms with Gasteiger partial charge in [0.1, 0.15) is 11.7 Å². The standard InChI is InChI=1S/C14H16N4O2S/c1-9-12(16-6-7-20-9)13(19)18-14-17-11(8-21-14)10-4-2-3-5-15-10/h2-5,8-9,12,16H,6-7H2,1H3,(H,17,18,19)/t9-,12+/m1/s1. The number of anilines is 1. The smallest absolute Gasteiger partial charge is 0.245 e. The van der Waals surface area contributed by atoms with Gasteiger partial charge in [-0.05, 0) is 19.1 Å². The van der Waals surface area contributed by atoms with Crippen molar-refractivity contribution in [3.8, 4) is 11.4 Å². The van der Waals surface area contributed by atoms with Crippen LogP contribution in [0.5, 0.6) is 0 Å². The van der Waals surface area contributed by atoms with E-state index >= 15 is 0 Å². The molecule has 0 bridgehead atoms. The van der Waals surface area contributed by atoms with Gasteiger partial charge in [-0.15, -0.1) is 11.3 Å². The number of ether oxygens (including phenoxy) is 1. The lowest BCUT2D eigenvalue weighted by atomic mass is 10.1. The number of carbonyl (C=O) groups excluding carboxylic acids is 1. The first-order chi connectivity index (χ1) is 10.2. The number of carbonyl (C=O) groups is 1. The van der Waals surface area contributed by atoms with Crippen LogP contribution in [0.2, 0.25) is 0 Å². The number of amides is 1. The van der Waals surface area contributed by atoms with Crippen LogP contribution >= 0.6 is 11.3 Å². The first kappa shape index (κ1) is 14.1. The maximum atomic E-state index is 12.2. The molecule has 3 heterocycles. The summed E-state index contributed by atoms with van der Waals surface area (Å²) in [5.41, 5.74) is 1.55. The third-order valence-electron chi connectivity index (χ3n) is 3.26. The van der Waals surface area contributed by atoms with Crippen LogP contribution in [0.3, 0.4) is 0 Å². The highest BCUT2D eigenvalue weighted by Gasteiger charge is 2.28. The first-order valence-corrected chi connectivity index (χ1v) is 7.65. The largest absolute Gasteiger partial charge is 0.375 e. The minimum absolute atomic E-state index is 0.121. The topological polar surface area (TPSA) is 76.1 Å². The van der Waals surface area contributed by atoms with Crippen LogP contribution in [-0.2, 0) is 9.53 Å². The van der Waals surface area contributed by atoms with E-state index in [1.807, 2.05) is 30.5 Å². The monoisotopic (exact) mass is 304 g/mol. The van der Waals surface area contributed by atoms with Gasteiger partial charge in [0.25, 0.3) is 0 Å². The summed E-state index contributed by atoms with van der Waals surface area (Å²) in [4.78, 5) is 20.9. The highest BCUT2D eigenvalue weighted by molar-refractivity contribution is 7.14. The molecule has 21 heavy (non-hydrogen) atoms. The second kappa shape index (κ2) is 6.30. The third kappa shape index (κ3) is 3.26. The summed E-state index contributed by atoms with van der Waals surface area (Å²) in [5.74, 6) is -0.121. The molecule has 3 rings (SSSR count). The number of pyridine rings is 1. The molecule has 1 aliphatic rings. The van der Waals surface area contributed by atoms with Gasteiger partial charge in [0.2, 0.25) is 5.91 Å². The van der Waals surface area contributed by atoms with Crippen molar-refractivity contribution in [2.24, 2.45) is 0 Å². The number of nitrogens with zero attached hydrogens (tertiary/aromatic N) is 2. The van der Waals surface area contributed by atoms with E-state index in [4.69, 9.17) is 4.74 Å². The number of aromatic nitrogens is 2. The van der Waals surface area contributed by atoms with E-state index in [0.717, 1.165) is 11.4 Å². The van der Waals surface area contributed by atoms with Gasteiger partial charge in [0, 0.05) is 18.1 Å². The van der Waals surface area contributed by atoms with E-state index < -0.39 is 0 Å². The predicted octanol–water partition coefficient (Wildman–Crippen LogP) is 1.52. The van der Waals surface area contributed by atoms with Crippen LogP contribution < -0.4 is 10.6 Å². The molecular weight excluding hydrogens is 288 g/mol. The molecule has 2 atom stereocenters. The molecule has 0 aromatic carbocycles. The van der Waals surface area contributed by atoms with Crippen molar-refractivity contribution in [1.82, 2.24) is 15.3 Å². The van der Waals surface area contributed by atoms with E-state index in [1.165, 1.54) is 11.3 Å². The van der Waals surface area contributed by atoms with E-state index in [0.29, 0.717) is 18.3 Å². The van der Waals surface area contributed by atoms with E-state index in [9.17, 15) is 4.79 Å². The lowest BCUT2D eigenvalue weighted by Crippen LogP contribution is -2.53. The number of nitrogens with one attached hydrogen (secondary N) is 2. The highest BCUT2D eigenvalue weighted by Crippen LogP contribution is 2.23. The number of thiazole rings is 1. The lowest BCUT2D eigenvalue weighted by Gasteiger charge is -2.28. The van der Waals surface area contributed by atoms with Gasteiger partial charge >= 0.3 is 0 Å². The molecular formula is C14H16N4O2S. The zero-order chi connectivity index (χ0) is 14.7. The summed E-state index contributed by atoms with van der Waals surface area (Å²) in [6.07, 6.45) is 1.58. The Morgan fingerprint density at radius 3 is 3.14 bits per heavy atom. The molecule has 0 spiro atoms. The fourth-order valence-electron chi connectivity index (χ4n) is 2.17. The molecule has 1 fully saturated rings. The number of hydrogen-bond donors (Lipinski definition) is 2. The van der Waals surface area contributed by atoms with Crippen LogP contribution in [0.1, 0.15) is 6.92 Å². The minimum Gasteiger partial charge on any atom is -0.375 e. The minimum atomic E-state index is -0.346. The normalized spacial score (nSPS) is 22.0. The van der Waals surface area contributed by atoms with E-state index in [1.54, 1.807) is 6.20 Å². The lowest BCUT2D eigenvalue weighted by molar-refractivity contribution is -0.123. The van der Waals surface area contributed by atoms with Gasteiger partial charge < -0.3 is 15.4 Å². The number of hydrogen-bond acceptors (Lipinski definition) is 6. The molecule has 2 N–H and O–H groups in total. The summed E-state index contributed by atoms with van der Waals surface area (Å²) < 4.78 is 5.47. The van der Waals surface area contributed by atoms with Crippen molar-refractivity contribution < 1.29 is 9.53 Å². The van der Waals surface area contributed by atoms with Crippen molar-refractivity contribution in [3.05, 3.63) is 29.8 Å². The summed E-state index contributed by atoms with van der Waals surface area (Å²) in [7, 11) is 0. The van der Waals surface area contributed by atoms with Crippen LogP contribution in [-0.4, -0.2) is 41.2 Å². The summed E-state index contributed by atoms with van der Waals surface area (Å²) in [6.45, 7) is 3.20. The Bertz CT molecular complexity index is 616. The molecule has 2 aromatic heterocycles. The Balaban J connectivity index is 1.68. The van der Waals surface area contributed by atoms with Gasteiger partial charge in [0.15, 0.2) is 5.13 Å². The predicted molar refractivity (Wildman–Crippen MR) is 81.2 cm³/mol. The molecule has 7 heteroatoms. The van der Waals surface area contributed by atoms with Crippen molar-refractivity contribution in [2.75, 3.05) is 18.5 Å². The molecule has 0 unspecified atom stereocenters. The van der Waals surface area contributed by atoms with Crippen LogP contribution in [0.4, 0.5) is 5.13 Å². The van der Waals surface area contributed by atoms with Gasteiger partial charge in [0.05, 0.1) is 18.4 Å². The zero-order valence-corrected chi connectivity index (χ0v) is 12.4. The molecule has 2 aromatic rings. The molecule has 1 amide bonds. The molecule has 1 aliphatic heterocycles. The third-order valence-corrected chi connectivity index (χ3v) is 4.02. The maximum absolute atomic E-state index is 12.2. The average Bonchev–Trinajstić information content (AvgIpc) is 2.97. The quantitative estimate of drug-likeness (QED) is 0.899. The van der Waals surface area contributed by atoms with Crippen molar-refractivity contribution in [2.45, 2.75) is 19.1 Å². The highest BCUT2D eigenvalue weighted by atomic mass is 32.1. The number of rotatable bonds is 3. The van der Waals surface area contributed by atoms with E-state index in [2.05, 4.69) is 20.6 Å². The average molecular weight is 304 g/mol. The Morgan fingerprint density at radius 1 is 1.48 bits per heavy atom. The Morgan fingerprint density at radius 2 is 2.38 bits per heavy atom. The fraction of sp³-hybridized carbons (Fsp3) is 0.357. The van der Waals surface area contributed by atoms with Gasteiger partial charge in [-0.25, -0.2) is 4.98 Å². The zero-order valence-electron chi connectivity index (χ0n) is 11.6. The fourth-order valence-corrected chi connectivity index (χ4v) is 2.88. The van der Waals surface area contributed by atoms with Crippen molar-refractivity contribution >= 4 is 22.4 Å². The molecule has 0 saturated carbocycles. The Labute approximate surface area is 126 Å². The molecule has 6 nitrogen and oxygen atoms in total.